The van der Waals surface area contributed by atoms with Crippen molar-refractivity contribution in [3.8, 4) is 0 Å². The van der Waals surface area contributed by atoms with Crippen molar-refractivity contribution in [3.05, 3.63) is 23.2 Å². The third-order valence-corrected chi connectivity index (χ3v) is 6.14. The molecule has 1 aromatic rings. The second-order valence-electron chi connectivity index (χ2n) is 5.80. The Hall–Kier alpha value is -0.350. The van der Waals surface area contributed by atoms with Gasteiger partial charge in [-0.05, 0) is 24.6 Å². The molecule has 0 bridgehead atoms. The molecule has 0 saturated heterocycles. The topological polar surface area (TPSA) is 98.7 Å². The van der Waals surface area contributed by atoms with Crippen molar-refractivity contribution >= 4 is 34.3 Å². The van der Waals surface area contributed by atoms with E-state index >= 15 is 0 Å². The Morgan fingerprint density at radius 1 is 1.24 bits per heavy atom. The highest BCUT2D eigenvalue weighted by Crippen LogP contribution is 2.24. The molecule has 6 nitrogen and oxygen atoms in total. The van der Waals surface area contributed by atoms with Crippen LogP contribution >= 0.6 is 24.2 Å². The van der Waals surface area contributed by atoms with Crippen molar-refractivity contribution in [3.63, 3.8) is 0 Å². The predicted molar refractivity (Wildman–Crippen MR) is 103 cm³/mol. The van der Waals surface area contributed by atoms with Crippen LogP contribution < -0.4 is 10.0 Å². The molecule has 25 heavy (non-hydrogen) atoms. The van der Waals surface area contributed by atoms with Crippen LogP contribution in [0.25, 0.3) is 0 Å². The Morgan fingerprint density at radius 2 is 1.96 bits per heavy atom. The molecular weight excluding hydrogens is 384 g/mol. The summed E-state index contributed by atoms with van der Waals surface area (Å²) in [6.45, 7) is 1.97. The third-order valence-electron chi connectivity index (χ3n) is 3.84. The maximum Gasteiger partial charge on any atom is 0.242 e. The molecule has 2 atom stereocenters. The molecule has 144 valence electrons. The summed E-state index contributed by atoms with van der Waals surface area (Å²) >= 11 is 10.1. The van der Waals surface area contributed by atoms with E-state index in [1.54, 1.807) is 6.07 Å². The van der Waals surface area contributed by atoms with Gasteiger partial charge in [0.2, 0.25) is 10.0 Å². The highest BCUT2D eigenvalue weighted by molar-refractivity contribution is 7.90. The van der Waals surface area contributed by atoms with Gasteiger partial charge in [0.1, 0.15) is 0 Å². The monoisotopic (exact) mass is 410 g/mol. The van der Waals surface area contributed by atoms with Gasteiger partial charge < -0.3 is 15.5 Å². The van der Waals surface area contributed by atoms with Gasteiger partial charge in [0.25, 0.3) is 0 Å². The van der Waals surface area contributed by atoms with Crippen LogP contribution in [0, 0.1) is 0 Å². The lowest BCUT2D eigenvalue weighted by molar-refractivity contribution is 0.209. The zero-order chi connectivity index (χ0) is 18.9. The molecule has 9 heteroatoms. The van der Waals surface area contributed by atoms with Crippen LogP contribution in [-0.2, 0) is 10.0 Å². The van der Waals surface area contributed by atoms with Crippen molar-refractivity contribution in [2.45, 2.75) is 54.5 Å². The Morgan fingerprint density at radius 3 is 2.56 bits per heavy atom. The summed E-state index contributed by atoms with van der Waals surface area (Å²) in [5.74, 6) is 0. The maximum atomic E-state index is 12.7. The average molecular weight is 411 g/mol. The average Bonchev–Trinajstić information content (AvgIpc) is 2.58. The number of hydrogen-bond donors (Lipinski definition) is 5. The smallest absolute Gasteiger partial charge is 0.242 e. The summed E-state index contributed by atoms with van der Waals surface area (Å²) in [7, 11) is -3.90. The lowest BCUT2D eigenvalue weighted by atomic mass is 10.0. The largest absolute Gasteiger partial charge is 0.395 e. The summed E-state index contributed by atoms with van der Waals surface area (Å²) in [5.41, 5.74) is 0. The standard InChI is InChI=1S/C16H27ClN2O4S2/c1-2-3-4-5-13(18-8-9-20)14(11-21)19-25(22,23)16-10-12(17)6-7-15(16)24/h6-7,10,13-14,18-21,24H,2-5,8-9,11H2,1H3/t13?,14-/m1/s1. The molecule has 1 rings (SSSR count). The number of thiol groups is 1. The number of sulfonamides is 1. The van der Waals surface area contributed by atoms with Crippen LogP contribution in [0.15, 0.2) is 28.0 Å². The van der Waals surface area contributed by atoms with E-state index in [1.807, 2.05) is 0 Å². The summed E-state index contributed by atoms with van der Waals surface area (Å²) in [6, 6.07) is 3.38. The van der Waals surface area contributed by atoms with Crippen LogP contribution in [0.2, 0.25) is 5.02 Å². The van der Waals surface area contributed by atoms with Gasteiger partial charge in [0, 0.05) is 22.5 Å². The van der Waals surface area contributed by atoms with Crippen molar-refractivity contribution < 1.29 is 18.6 Å². The third kappa shape index (κ3) is 7.42. The molecule has 0 amide bonds. The fourth-order valence-electron chi connectivity index (χ4n) is 2.52. The molecular formula is C16H27ClN2O4S2. The van der Waals surface area contributed by atoms with Gasteiger partial charge in [-0.25, -0.2) is 13.1 Å². The van der Waals surface area contributed by atoms with Gasteiger partial charge in [-0.1, -0.05) is 37.8 Å². The minimum atomic E-state index is -3.90. The molecule has 0 spiro atoms. The molecule has 1 unspecified atom stereocenters. The molecule has 0 heterocycles. The SMILES string of the molecule is CCCCCC(NCCO)[C@@H](CO)NS(=O)(=O)c1cc(Cl)ccc1S. The number of aliphatic hydroxyl groups is 2. The van der Waals surface area contributed by atoms with E-state index in [2.05, 4.69) is 29.6 Å². The Bertz CT molecular complexity index is 629. The minimum absolute atomic E-state index is 0.0313. The summed E-state index contributed by atoms with van der Waals surface area (Å²) in [5, 5.41) is 22.1. The van der Waals surface area contributed by atoms with E-state index < -0.39 is 16.1 Å². The van der Waals surface area contributed by atoms with Gasteiger partial charge in [0.15, 0.2) is 0 Å². The van der Waals surface area contributed by atoms with Crippen LogP contribution in [0.3, 0.4) is 0 Å². The van der Waals surface area contributed by atoms with Gasteiger partial charge in [-0.2, -0.15) is 0 Å². The molecule has 1 aromatic carbocycles. The molecule has 0 fully saturated rings. The number of rotatable bonds is 12. The number of halogens is 1. The summed E-state index contributed by atoms with van der Waals surface area (Å²) < 4.78 is 27.9. The molecule has 4 N–H and O–H groups in total. The first-order valence-corrected chi connectivity index (χ1v) is 10.6. The fourth-order valence-corrected chi connectivity index (χ4v) is 4.65. The Labute approximate surface area is 160 Å². The molecule has 0 aliphatic heterocycles. The quantitative estimate of drug-likeness (QED) is 0.267. The number of nitrogens with one attached hydrogen (secondary N) is 2. The highest BCUT2D eigenvalue weighted by atomic mass is 35.5. The van der Waals surface area contributed by atoms with Crippen LogP contribution in [0.1, 0.15) is 32.6 Å². The van der Waals surface area contributed by atoms with Gasteiger partial charge in [-0.3, -0.25) is 0 Å². The van der Waals surface area contributed by atoms with E-state index in [-0.39, 0.29) is 34.1 Å². The number of unbranched alkanes of at least 4 members (excludes halogenated alkanes) is 2. The van der Waals surface area contributed by atoms with E-state index in [0.717, 1.165) is 19.3 Å². The Kier molecular flexibility index (Phi) is 10.3. The molecule has 0 saturated carbocycles. The fraction of sp³-hybridized carbons (Fsp3) is 0.625. The first kappa shape index (κ1) is 22.7. The van der Waals surface area contributed by atoms with Crippen molar-refractivity contribution in [2.24, 2.45) is 0 Å². The summed E-state index contributed by atoms with van der Waals surface area (Å²) in [4.78, 5) is 0.246. The second kappa shape index (κ2) is 11.4. The maximum absolute atomic E-state index is 12.7. The number of benzene rings is 1. The number of aliphatic hydroxyl groups excluding tert-OH is 2. The van der Waals surface area contributed by atoms with E-state index in [4.69, 9.17) is 16.7 Å². The lowest BCUT2D eigenvalue weighted by Crippen LogP contribution is -2.52. The molecule has 0 aromatic heterocycles. The zero-order valence-corrected chi connectivity index (χ0v) is 16.7. The highest BCUT2D eigenvalue weighted by Gasteiger charge is 2.27. The molecule has 0 radical (unpaired) electrons. The minimum Gasteiger partial charge on any atom is -0.395 e. The van der Waals surface area contributed by atoms with Gasteiger partial charge in [-0.15, -0.1) is 12.6 Å². The first-order chi connectivity index (χ1) is 11.9. The van der Waals surface area contributed by atoms with Crippen molar-refractivity contribution in [1.29, 1.82) is 0 Å². The molecule has 0 aliphatic rings. The van der Waals surface area contributed by atoms with Crippen molar-refractivity contribution in [1.82, 2.24) is 10.0 Å². The Balaban J connectivity index is 2.96. The lowest BCUT2D eigenvalue weighted by Gasteiger charge is -2.27. The number of hydrogen-bond acceptors (Lipinski definition) is 6. The van der Waals surface area contributed by atoms with Crippen LogP contribution in [0.4, 0.5) is 0 Å². The summed E-state index contributed by atoms with van der Waals surface area (Å²) in [6.07, 6.45) is 3.63. The van der Waals surface area contributed by atoms with Gasteiger partial charge in [0.05, 0.1) is 24.2 Å². The van der Waals surface area contributed by atoms with Crippen LogP contribution in [-0.4, -0.2) is 50.5 Å². The second-order valence-corrected chi connectivity index (χ2v) is 8.40. The van der Waals surface area contributed by atoms with E-state index in [0.29, 0.717) is 13.0 Å². The normalized spacial score (nSPS) is 14.4. The first-order valence-electron chi connectivity index (χ1n) is 8.31. The van der Waals surface area contributed by atoms with Crippen LogP contribution in [0.5, 0.6) is 0 Å². The van der Waals surface area contributed by atoms with E-state index in [9.17, 15) is 13.5 Å². The van der Waals surface area contributed by atoms with Crippen molar-refractivity contribution in [2.75, 3.05) is 19.8 Å². The molecule has 0 aliphatic carbocycles. The van der Waals surface area contributed by atoms with E-state index in [1.165, 1.54) is 12.1 Å². The predicted octanol–water partition coefficient (Wildman–Crippen LogP) is 1.80. The zero-order valence-electron chi connectivity index (χ0n) is 14.3. The van der Waals surface area contributed by atoms with Gasteiger partial charge >= 0.3 is 0 Å².